The summed E-state index contributed by atoms with van der Waals surface area (Å²) in [5.41, 5.74) is 0. The fourth-order valence-electron chi connectivity index (χ4n) is 2.30. The van der Waals surface area contributed by atoms with Crippen molar-refractivity contribution in [2.45, 2.75) is 13.0 Å². The zero-order valence-corrected chi connectivity index (χ0v) is 12.3. The Morgan fingerprint density at radius 3 is 2.73 bits per heavy atom. The molecule has 3 rings (SSSR count). The number of nitrogens with one attached hydrogen (secondary N) is 1. The Hall–Kier alpha value is -2.75. The molecule has 1 unspecified atom stereocenters. The van der Waals surface area contributed by atoms with Crippen molar-refractivity contribution in [1.82, 2.24) is 5.32 Å². The van der Waals surface area contributed by atoms with Crippen molar-refractivity contribution >= 4 is 16.7 Å². The monoisotopic (exact) mass is 295 g/mol. The number of furan rings is 1. The van der Waals surface area contributed by atoms with Crippen molar-refractivity contribution in [2.75, 3.05) is 6.61 Å². The van der Waals surface area contributed by atoms with Gasteiger partial charge in [-0.3, -0.25) is 4.79 Å². The first-order valence-electron chi connectivity index (χ1n) is 7.17. The molecule has 0 aliphatic heterocycles. The van der Waals surface area contributed by atoms with E-state index in [2.05, 4.69) is 5.32 Å². The van der Waals surface area contributed by atoms with Crippen LogP contribution in [0.2, 0.25) is 0 Å². The van der Waals surface area contributed by atoms with Gasteiger partial charge in [0.15, 0.2) is 6.61 Å². The third kappa shape index (κ3) is 3.28. The van der Waals surface area contributed by atoms with Crippen molar-refractivity contribution < 1.29 is 13.9 Å². The fourth-order valence-corrected chi connectivity index (χ4v) is 2.30. The predicted octanol–water partition coefficient (Wildman–Crippen LogP) is 3.69. The Labute approximate surface area is 128 Å². The topological polar surface area (TPSA) is 51.5 Å². The van der Waals surface area contributed by atoms with Crippen LogP contribution in [0.1, 0.15) is 18.7 Å². The zero-order valence-electron chi connectivity index (χ0n) is 12.3. The van der Waals surface area contributed by atoms with Crippen molar-refractivity contribution in [1.29, 1.82) is 0 Å². The summed E-state index contributed by atoms with van der Waals surface area (Å²) in [5.74, 6) is 1.22. The third-order valence-electron chi connectivity index (χ3n) is 3.44. The van der Waals surface area contributed by atoms with Gasteiger partial charge in [-0.1, -0.05) is 30.3 Å². The van der Waals surface area contributed by atoms with Crippen molar-refractivity contribution in [2.24, 2.45) is 0 Å². The fraction of sp³-hybridized carbons (Fsp3) is 0.167. The molecule has 0 spiro atoms. The van der Waals surface area contributed by atoms with Crippen LogP contribution in [-0.4, -0.2) is 12.5 Å². The Kier molecular flexibility index (Phi) is 4.10. The molecule has 0 aliphatic carbocycles. The third-order valence-corrected chi connectivity index (χ3v) is 3.44. The van der Waals surface area contributed by atoms with Crippen LogP contribution in [0.15, 0.2) is 65.3 Å². The summed E-state index contributed by atoms with van der Waals surface area (Å²) >= 11 is 0. The maximum absolute atomic E-state index is 11.9. The van der Waals surface area contributed by atoms with E-state index in [1.165, 1.54) is 0 Å². The van der Waals surface area contributed by atoms with Crippen LogP contribution in [0.5, 0.6) is 5.75 Å². The molecule has 0 saturated carbocycles. The highest BCUT2D eigenvalue weighted by Crippen LogP contribution is 2.20. The first kappa shape index (κ1) is 14.2. The average molecular weight is 295 g/mol. The second-order valence-corrected chi connectivity index (χ2v) is 5.10. The number of hydrogen-bond donors (Lipinski definition) is 1. The molecule has 4 nitrogen and oxygen atoms in total. The predicted molar refractivity (Wildman–Crippen MR) is 84.7 cm³/mol. The minimum atomic E-state index is -0.183. The van der Waals surface area contributed by atoms with Gasteiger partial charge in [-0.25, -0.2) is 0 Å². The van der Waals surface area contributed by atoms with E-state index in [9.17, 15) is 4.79 Å². The Morgan fingerprint density at radius 2 is 1.95 bits per heavy atom. The summed E-state index contributed by atoms with van der Waals surface area (Å²) in [7, 11) is 0. The van der Waals surface area contributed by atoms with Gasteiger partial charge in [0.25, 0.3) is 5.91 Å². The highest BCUT2D eigenvalue weighted by atomic mass is 16.5. The maximum atomic E-state index is 11.9. The number of fused-ring (bicyclic) bond motifs is 1. The first-order chi connectivity index (χ1) is 10.7. The van der Waals surface area contributed by atoms with Crippen LogP contribution < -0.4 is 10.1 Å². The lowest BCUT2D eigenvalue weighted by molar-refractivity contribution is -0.123. The molecule has 0 saturated heterocycles. The lowest BCUT2D eigenvalue weighted by atomic mass is 10.1. The molecule has 1 atom stereocenters. The number of carbonyl (C=O) groups excluding carboxylic acids is 1. The SMILES string of the molecule is CC(NC(=O)COc1ccc2ccccc2c1)c1ccco1. The molecule has 0 aliphatic rings. The van der Waals surface area contributed by atoms with E-state index in [0.29, 0.717) is 5.75 Å². The van der Waals surface area contributed by atoms with Crippen LogP contribution in [0.25, 0.3) is 10.8 Å². The molecule has 1 heterocycles. The minimum Gasteiger partial charge on any atom is -0.484 e. The number of amides is 1. The summed E-state index contributed by atoms with van der Waals surface area (Å²) in [6.45, 7) is 1.84. The molecule has 0 bridgehead atoms. The largest absolute Gasteiger partial charge is 0.484 e. The standard InChI is InChI=1S/C18H17NO3/c1-13(17-7-4-10-21-17)19-18(20)12-22-16-9-8-14-5-2-3-6-15(14)11-16/h2-11,13H,12H2,1H3,(H,19,20). The van der Waals surface area contributed by atoms with Crippen LogP contribution in [0, 0.1) is 0 Å². The average Bonchev–Trinajstić information content (AvgIpc) is 3.07. The number of ether oxygens (including phenoxy) is 1. The van der Waals surface area contributed by atoms with Gasteiger partial charge >= 0.3 is 0 Å². The summed E-state index contributed by atoms with van der Waals surface area (Å²) < 4.78 is 10.8. The molecule has 0 radical (unpaired) electrons. The normalized spacial score (nSPS) is 12.0. The molecule has 3 aromatic rings. The van der Waals surface area contributed by atoms with Gasteiger partial charge in [-0.2, -0.15) is 0 Å². The molecule has 4 heteroatoms. The Balaban J connectivity index is 1.57. The number of hydrogen-bond acceptors (Lipinski definition) is 3. The van der Waals surface area contributed by atoms with Gasteiger partial charge in [0, 0.05) is 0 Å². The van der Waals surface area contributed by atoms with E-state index in [0.717, 1.165) is 16.5 Å². The van der Waals surface area contributed by atoms with E-state index < -0.39 is 0 Å². The lowest BCUT2D eigenvalue weighted by Gasteiger charge is -2.12. The van der Waals surface area contributed by atoms with E-state index in [-0.39, 0.29) is 18.6 Å². The number of carbonyl (C=O) groups is 1. The molecule has 1 aromatic heterocycles. The van der Waals surface area contributed by atoms with Crippen LogP contribution in [0.3, 0.4) is 0 Å². The van der Waals surface area contributed by atoms with E-state index >= 15 is 0 Å². The van der Waals surface area contributed by atoms with Crippen molar-refractivity contribution in [3.8, 4) is 5.75 Å². The summed E-state index contributed by atoms with van der Waals surface area (Å²) in [4.78, 5) is 11.9. The number of rotatable bonds is 5. The molecule has 22 heavy (non-hydrogen) atoms. The molecule has 0 fully saturated rings. The molecule has 1 N–H and O–H groups in total. The van der Waals surface area contributed by atoms with Gasteiger partial charge in [0.1, 0.15) is 11.5 Å². The molecule has 112 valence electrons. The zero-order chi connectivity index (χ0) is 15.4. The smallest absolute Gasteiger partial charge is 0.258 e. The molecule has 2 aromatic carbocycles. The minimum absolute atomic E-state index is 0.0244. The second-order valence-electron chi connectivity index (χ2n) is 5.10. The molecular formula is C18H17NO3. The highest BCUT2D eigenvalue weighted by molar-refractivity contribution is 5.84. The van der Waals surface area contributed by atoms with Gasteiger partial charge in [0.05, 0.1) is 12.3 Å². The van der Waals surface area contributed by atoms with Gasteiger partial charge in [0.2, 0.25) is 0 Å². The van der Waals surface area contributed by atoms with E-state index in [1.807, 2.05) is 55.5 Å². The molecular weight excluding hydrogens is 278 g/mol. The van der Waals surface area contributed by atoms with Crippen LogP contribution in [-0.2, 0) is 4.79 Å². The van der Waals surface area contributed by atoms with Gasteiger partial charge < -0.3 is 14.5 Å². The van der Waals surface area contributed by atoms with E-state index in [4.69, 9.17) is 9.15 Å². The van der Waals surface area contributed by atoms with E-state index in [1.54, 1.807) is 12.3 Å². The highest BCUT2D eigenvalue weighted by Gasteiger charge is 2.12. The Morgan fingerprint density at radius 1 is 1.14 bits per heavy atom. The van der Waals surface area contributed by atoms with Crippen LogP contribution >= 0.6 is 0 Å². The quantitative estimate of drug-likeness (QED) is 0.781. The Bertz CT molecular complexity index is 765. The number of benzene rings is 2. The summed E-state index contributed by atoms with van der Waals surface area (Å²) in [5, 5.41) is 5.06. The first-order valence-corrected chi connectivity index (χ1v) is 7.17. The van der Waals surface area contributed by atoms with Crippen molar-refractivity contribution in [3.05, 3.63) is 66.6 Å². The van der Waals surface area contributed by atoms with Gasteiger partial charge in [-0.15, -0.1) is 0 Å². The second kappa shape index (κ2) is 6.35. The lowest BCUT2D eigenvalue weighted by Crippen LogP contribution is -2.31. The van der Waals surface area contributed by atoms with Crippen molar-refractivity contribution in [3.63, 3.8) is 0 Å². The summed E-state index contributed by atoms with van der Waals surface area (Å²) in [6, 6.07) is 17.2. The van der Waals surface area contributed by atoms with Crippen LogP contribution in [0.4, 0.5) is 0 Å². The molecule has 1 amide bonds. The summed E-state index contributed by atoms with van der Waals surface area (Å²) in [6.07, 6.45) is 1.59. The maximum Gasteiger partial charge on any atom is 0.258 e. The van der Waals surface area contributed by atoms with Gasteiger partial charge in [-0.05, 0) is 42.0 Å².